The molecule has 0 aliphatic heterocycles. The first-order chi connectivity index (χ1) is 15.0. The van der Waals surface area contributed by atoms with Gasteiger partial charge in [-0.25, -0.2) is 4.98 Å². The molecule has 0 aliphatic rings. The fourth-order valence-electron chi connectivity index (χ4n) is 3.22. The lowest BCUT2D eigenvalue weighted by Gasteiger charge is -2.21. The molecule has 2 aromatic carbocycles. The van der Waals surface area contributed by atoms with Crippen molar-refractivity contribution in [2.24, 2.45) is 5.92 Å². The van der Waals surface area contributed by atoms with Crippen LogP contribution in [0.3, 0.4) is 0 Å². The number of aromatic nitrogens is 1. The van der Waals surface area contributed by atoms with Gasteiger partial charge in [0.1, 0.15) is 5.75 Å². The number of ether oxygens (including phenoxy) is 1. The van der Waals surface area contributed by atoms with Gasteiger partial charge in [-0.05, 0) is 42.2 Å². The Labute approximate surface area is 189 Å². The van der Waals surface area contributed by atoms with Crippen molar-refractivity contribution in [3.05, 3.63) is 65.0 Å². The van der Waals surface area contributed by atoms with E-state index in [0.717, 1.165) is 47.2 Å². The fourth-order valence-corrected chi connectivity index (χ4v) is 4.08. The van der Waals surface area contributed by atoms with Gasteiger partial charge in [0.2, 0.25) is 0 Å². The molecule has 0 aliphatic carbocycles. The van der Waals surface area contributed by atoms with Gasteiger partial charge in [0, 0.05) is 36.1 Å². The van der Waals surface area contributed by atoms with Crippen molar-refractivity contribution in [3.8, 4) is 17.0 Å². The van der Waals surface area contributed by atoms with Crippen LogP contribution in [0.5, 0.6) is 5.75 Å². The second kappa shape index (κ2) is 11.0. The first-order valence-electron chi connectivity index (χ1n) is 10.7. The van der Waals surface area contributed by atoms with Crippen molar-refractivity contribution < 1.29 is 9.53 Å². The van der Waals surface area contributed by atoms with Crippen LogP contribution in [-0.4, -0.2) is 31.1 Å². The van der Waals surface area contributed by atoms with E-state index >= 15 is 0 Å². The van der Waals surface area contributed by atoms with Gasteiger partial charge in [-0.3, -0.25) is 4.79 Å². The molecule has 1 heterocycles. The summed E-state index contributed by atoms with van der Waals surface area (Å²) in [6.45, 7) is 8.71. The standard InChI is InChI=1S/C25H31N3O2S/c1-5-13-28(16-19-9-11-20(12-10-19)24(29)26-15-18(2)3)25-27-23(17-31-25)21-7-6-8-22(14-21)30-4/h6-12,14,17-18H,5,13,15-16H2,1-4H3,(H,26,29). The van der Waals surface area contributed by atoms with E-state index in [1.54, 1.807) is 18.4 Å². The number of nitrogens with one attached hydrogen (secondary N) is 1. The number of anilines is 1. The molecular weight excluding hydrogens is 406 g/mol. The summed E-state index contributed by atoms with van der Waals surface area (Å²) in [4.78, 5) is 19.4. The molecule has 1 N–H and O–H groups in total. The highest BCUT2D eigenvalue weighted by atomic mass is 32.1. The first-order valence-corrected chi connectivity index (χ1v) is 11.6. The Hall–Kier alpha value is -2.86. The highest BCUT2D eigenvalue weighted by Crippen LogP contribution is 2.30. The summed E-state index contributed by atoms with van der Waals surface area (Å²) in [5, 5.41) is 6.06. The summed E-state index contributed by atoms with van der Waals surface area (Å²) in [7, 11) is 1.67. The summed E-state index contributed by atoms with van der Waals surface area (Å²) in [6.07, 6.45) is 1.03. The number of benzene rings is 2. The molecule has 6 heteroatoms. The van der Waals surface area contributed by atoms with Crippen LogP contribution >= 0.6 is 11.3 Å². The normalized spacial score (nSPS) is 10.9. The Morgan fingerprint density at radius 3 is 2.65 bits per heavy atom. The highest BCUT2D eigenvalue weighted by molar-refractivity contribution is 7.14. The maximum Gasteiger partial charge on any atom is 0.251 e. The van der Waals surface area contributed by atoms with Crippen molar-refractivity contribution in [1.82, 2.24) is 10.3 Å². The van der Waals surface area contributed by atoms with Gasteiger partial charge in [0.05, 0.1) is 12.8 Å². The van der Waals surface area contributed by atoms with Gasteiger partial charge >= 0.3 is 0 Å². The average Bonchev–Trinajstić information content (AvgIpc) is 3.28. The van der Waals surface area contributed by atoms with Crippen molar-refractivity contribution in [2.75, 3.05) is 25.1 Å². The van der Waals surface area contributed by atoms with E-state index in [1.165, 1.54) is 0 Å². The second-order valence-corrected chi connectivity index (χ2v) is 8.81. The summed E-state index contributed by atoms with van der Waals surface area (Å²) < 4.78 is 5.34. The molecule has 1 amide bonds. The number of nitrogens with zero attached hydrogens (tertiary/aromatic N) is 2. The summed E-state index contributed by atoms with van der Waals surface area (Å²) in [5.41, 5.74) is 3.86. The Morgan fingerprint density at radius 1 is 1.19 bits per heavy atom. The molecule has 0 fully saturated rings. The Morgan fingerprint density at radius 2 is 1.97 bits per heavy atom. The van der Waals surface area contributed by atoms with E-state index in [0.29, 0.717) is 18.0 Å². The Kier molecular flexibility index (Phi) is 8.06. The smallest absolute Gasteiger partial charge is 0.251 e. The molecule has 1 aromatic heterocycles. The van der Waals surface area contributed by atoms with Crippen molar-refractivity contribution in [2.45, 2.75) is 33.7 Å². The Balaban J connectivity index is 1.71. The van der Waals surface area contributed by atoms with Crippen LogP contribution in [0.25, 0.3) is 11.3 Å². The van der Waals surface area contributed by atoms with Crippen LogP contribution in [0.4, 0.5) is 5.13 Å². The summed E-state index contributed by atoms with van der Waals surface area (Å²) in [5.74, 6) is 1.24. The third-order valence-electron chi connectivity index (χ3n) is 4.88. The molecular formula is C25H31N3O2S. The van der Waals surface area contributed by atoms with Gasteiger partial charge in [-0.1, -0.05) is 45.0 Å². The van der Waals surface area contributed by atoms with Crippen LogP contribution in [-0.2, 0) is 6.54 Å². The molecule has 5 nitrogen and oxygen atoms in total. The number of amides is 1. The number of thiazole rings is 1. The number of methoxy groups -OCH3 is 1. The zero-order valence-corrected chi connectivity index (χ0v) is 19.5. The van der Waals surface area contributed by atoms with Crippen molar-refractivity contribution in [3.63, 3.8) is 0 Å². The van der Waals surface area contributed by atoms with E-state index in [-0.39, 0.29) is 5.91 Å². The lowest BCUT2D eigenvalue weighted by atomic mass is 10.1. The van der Waals surface area contributed by atoms with Crippen LogP contribution in [0.15, 0.2) is 53.9 Å². The molecule has 3 rings (SSSR count). The molecule has 0 bridgehead atoms. The molecule has 0 unspecified atom stereocenters. The quantitative estimate of drug-likeness (QED) is 0.447. The minimum Gasteiger partial charge on any atom is -0.497 e. The molecule has 3 aromatic rings. The first kappa shape index (κ1) is 22.8. The van der Waals surface area contributed by atoms with Crippen LogP contribution in [0.1, 0.15) is 43.1 Å². The second-order valence-electron chi connectivity index (χ2n) is 7.97. The third-order valence-corrected chi connectivity index (χ3v) is 5.78. The van der Waals surface area contributed by atoms with E-state index < -0.39 is 0 Å². The predicted molar refractivity (Wildman–Crippen MR) is 129 cm³/mol. The zero-order chi connectivity index (χ0) is 22.2. The highest BCUT2D eigenvalue weighted by Gasteiger charge is 2.13. The monoisotopic (exact) mass is 437 g/mol. The molecule has 31 heavy (non-hydrogen) atoms. The maximum absolute atomic E-state index is 12.3. The van der Waals surface area contributed by atoms with E-state index in [1.807, 2.05) is 42.5 Å². The van der Waals surface area contributed by atoms with E-state index in [2.05, 4.69) is 42.4 Å². The number of rotatable bonds is 10. The molecule has 0 spiro atoms. The fraction of sp³-hybridized carbons (Fsp3) is 0.360. The zero-order valence-electron chi connectivity index (χ0n) is 18.7. The average molecular weight is 438 g/mol. The molecule has 0 saturated heterocycles. The van der Waals surface area contributed by atoms with E-state index in [4.69, 9.17) is 9.72 Å². The molecule has 0 radical (unpaired) electrons. The van der Waals surface area contributed by atoms with Gasteiger partial charge in [0.25, 0.3) is 5.91 Å². The minimum atomic E-state index is -0.0199. The number of carbonyl (C=O) groups excluding carboxylic acids is 1. The number of hydrogen-bond donors (Lipinski definition) is 1. The largest absolute Gasteiger partial charge is 0.497 e. The van der Waals surface area contributed by atoms with Gasteiger partial charge in [-0.2, -0.15) is 0 Å². The predicted octanol–water partition coefficient (Wildman–Crippen LogP) is 5.62. The summed E-state index contributed by atoms with van der Waals surface area (Å²) in [6, 6.07) is 15.8. The third kappa shape index (κ3) is 6.31. The number of hydrogen-bond acceptors (Lipinski definition) is 5. The maximum atomic E-state index is 12.3. The van der Waals surface area contributed by atoms with Gasteiger partial charge in [0.15, 0.2) is 5.13 Å². The topological polar surface area (TPSA) is 54.5 Å². The van der Waals surface area contributed by atoms with Crippen molar-refractivity contribution in [1.29, 1.82) is 0 Å². The van der Waals surface area contributed by atoms with E-state index in [9.17, 15) is 4.79 Å². The SMILES string of the molecule is CCCN(Cc1ccc(C(=O)NCC(C)C)cc1)c1nc(-c2cccc(OC)c2)cs1. The van der Waals surface area contributed by atoms with Gasteiger partial charge < -0.3 is 15.0 Å². The Bertz CT molecular complexity index is 982. The molecule has 164 valence electrons. The van der Waals surface area contributed by atoms with Crippen LogP contribution in [0, 0.1) is 5.92 Å². The number of carbonyl (C=O) groups is 1. The lowest BCUT2D eigenvalue weighted by molar-refractivity contribution is 0.0949. The van der Waals surface area contributed by atoms with Crippen LogP contribution < -0.4 is 15.0 Å². The molecule has 0 atom stereocenters. The molecule has 0 saturated carbocycles. The minimum absolute atomic E-state index is 0.0199. The van der Waals surface area contributed by atoms with Crippen molar-refractivity contribution >= 4 is 22.4 Å². The van der Waals surface area contributed by atoms with Crippen LogP contribution in [0.2, 0.25) is 0 Å². The van der Waals surface area contributed by atoms with Gasteiger partial charge in [-0.15, -0.1) is 11.3 Å². The lowest BCUT2D eigenvalue weighted by Crippen LogP contribution is -2.27. The summed E-state index contributed by atoms with van der Waals surface area (Å²) >= 11 is 1.65.